The van der Waals surface area contributed by atoms with E-state index < -0.39 is 0 Å². The van der Waals surface area contributed by atoms with Gasteiger partial charge in [-0.1, -0.05) is 44.2 Å². The number of aryl methyl sites for hydroxylation is 1. The van der Waals surface area contributed by atoms with Gasteiger partial charge in [-0.2, -0.15) is 0 Å². The molecule has 31 heavy (non-hydrogen) atoms. The normalized spacial score (nSPS) is 26.7. The number of nitrogens with two attached hydrogens (primary N) is 1. The van der Waals surface area contributed by atoms with Crippen LogP contribution in [0.5, 0.6) is 0 Å². The third-order valence-electron chi connectivity index (χ3n) is 6.42. The largest absolute Gasteiger partial charge is 0.379 e. The van der Waals surface area contributed by atoms with Crippen molar-refractivity contribution in [1.29, 1.82) is 0 Å². The first-order valence-corrected chi connectivity index (χ1v) is 11.0. The van der Waals surface area contributed by atoms with Gasteiger partial charge >= 0.3 is 0 Å². The van der Waals surface area contributed by atoms with Crippen molar-refractivity contribution in [3.8, 4) is 0 Å². The van der Waals surface area contributed by atoms with Crippen LogP contribution in [0.15, 0.2) is 54.5 Å². The maximum absolute atomic E-state index is 13.8. The molecule has 1 fully saturated rings. The second kappa shape index (κ2) is 9.30. The first-order valence-electron chi connectivity index (χ1n) is 11.0. The first-order chi connectivity index (χ1) is 15.0. The lowest BCUT2D eigenvalue weighted by Gasteiger charge is -2.49. The number of anilines is 1. The van der Waals surface area contributed by atoms with E-state index in [2.05, 4.69) is 75.5 Å². The molecule has 0 bridgehead atoms. The Labute approximate surface area is 184 Å². The van der Waals surface area contributed by atoms with Gasteiger partial charge in [-0.05, 0) is 30.5 Å². The quantitative estimate of drug-likeness (QED) is 0.269. The molecule has 4 unspecified atom stereocenters. The maximum Gasteiger partial charge on any atom is 0.147 e. The average Bonchev–Trinajstić information content (AvgIpc) is 2.79. The number of nitrogens with one attached hydrogen (secondary N) is 4. The SMILES string of the molecule is Cc1ccc(F)cc1NC(NN)N1CCN(C2=CNC3C=CC=CC3N2)CC1C(C)C. The molecule has 1 aromatic carbocycles. The summed E-state index contributed by atoms with van der Waals surface area (Å²) in [6.07, 6.45) is 10.3. The van der Waals surface area contributed by atoms with Crippen LogP contribution in [0.3, 0.4) is 0 Å². The van der Waals surface area contributed by atoms with E-state index in [0.717, 1.165) is 36.7 Å². The number of nitrogens with zero attached hydrogens (tertiary/aromatic N) is 2. The molecule has 3 aliphatic rings. The van der Waals surface area contributed by atoms with Gasteiger partial charge in [0.2, 0.25) is 0 Å². The zero-order chi connectivity index (χ0) is 22.0. The topological polar surface area (TPSA) is 80.6 Å². The third-order valence-corrected chi connectivity index (χ3v) is 6.42. The maximum atomic E-state index is 13.8. The minimum absolute atomic E-state index is 0.261. The Morgan fingerprint density at radius 1 is 1.16 bits per heavy atom. The second-order valence-corrected chi connectivity index (χ2v) is 8.83. The van der Waals surface area contributed by atoms with Crippen molar-refractivity contribution in [2.45, 2.75) is 45.2 Å². The molecule has 4 rings (SSSR count). The number of fused-ring (bicyclic) bond motifs is 1. The van der Waals surface area contributed by atoms with E-state index in [-0.39, 0.29) is 24.2 Å². The lowest BCUT2D eigenvalue weighted by molar-refractivity contribution is 0.0251. The van der Waals surface area contributed by atoms with Crippen LogP contribution in [0.1, 0.15) is 19.4 Å². The highest BCUT2D eigenvalue weighted by molar-refractivity contribution is 5.51. The van der Waals surface area contributed by atoms with Gasteiger partial charge in [-0.3, -0.25) is 10.7 Å². The van der Waals surface area contributed by atoms with Crippen LogP contribution in [0.2, 0.25) is 0 Å². The lowest BCUT2D eigenvalue weighted by Crippen LogP contribution is -2.65. The van der Waals surface area contributed by atoms with Crippen molar-refractivity contribution in [1.82, 2.24) is 25.9 Å². The van der Waals surface area contributed by atoms with Crippen molar-refractivity contribution >= 4 is 5.69 Å². The predicted octanol–water partition coefficient (Wildman–Crippen LogP) is 1.79. The number of piperazine rings is 1. The molecule has 1 saturated heterocycles. The van der Waals surface area contributed by atoms with Gasteiger partial charge < -0.3 is 20.9 Å². The van der Waals surface area contributed by atoms with Gasteiger partial charge in [0, 0.05) is 37.6 Å². The molecule has 0 spiro atoms. The Morgan fingerprint density at radius 3 is 2.68 bits per heavy atom. The first kappa shape index (κ1) is 21.7. The molecule has 0 radical (unpaired) electrons. The summed E-state index contributed by atoms with van der Waals surface area (Å²) in [6.45, 7) is 8.98. The molecule has 1 aromatic rings. The van der Waals surface area contributed by atoms with Crippen LogP contribution in [-0.2, 0) is 0 Å². The standard InChI is InChI=1S/C23H34FN7/c1-15(2)21-14-30(22-13-26-18-6-4-5-7-19(18)27-22)10-11-31(21)23(29-25)28-20-12-17(24)9-8-16(20)3/h4-9,12-13,15,18-19,21,23,26-29H,10-11,14,25H2,1-3H3. The molecule has 2 aliphatic heterocycles. The lowest BCUT2D eigenvalue weighted by atomic mass is 9.98. The van der Waals surface area contributed by atoms with Crippen molar-refractivity contribution in [2.24, 2.45) is 11.8 Å². The van der Waals surface area contributed by atoms with Gasteiger partial charge in [0.15, 0.2) is 0 Å². The summed E-state index contributed by atoms with van der Waals surface area (Å²) in [5.74, 6) is 7.22. The highest BCUT2D eigenvalue weighted by Crippen LogP contribution is 2.24. The van der Waals surface area contributed by atoms with Crippen LogP contribution < -0.4 is 27.2 Å². The highest BCUT2D eigenvalue weighted by Gasteiger charge is 2.36. The van der Waals surface area contributed by atoms with Gasteiger partial charge in [-0.15, -0.1) is 0 Å². The minimum atomic E-state index is -0.294. The molecule has 168 valence electrons. The Balaban J connectivity index is 1.47. The average molecular weight is 428 g/mol. The summed E-state index contributed by atoms with van der Waals surface area (Å²) in [7, 11) is 0. The number of hydrogen-bond donors (Lipinski definition) is 5. The van der Waals surface area contributed by atoms with Crippen LogP contribution in [0.25, 0.3) is 0 Å². The molecule has 0 saturated carbocycles. The number of allylic oxidation sites excluding steroid dienone is 2. The van der Waals surface area contributed by atoms with E-state index in [4.69, 9.17) is 5.84 Å². The Kier molecular flexibility index (Phi) is 6.50. The number of benzene rings is 1. The van der Waals surface area contributed by atoms with E-state index in [0.29, 0.717) is 12.0 Å². The van der Waals surface area contributed by atoms with E-state index in [1.807, 2.05) is 6.92 Å². The molecule has 2 heterocycles. The third kappa shape index (κ3) is 4.71. The van der Waals surface area contributed by atoms with Crippen LogP contribution in [0.4, 0.5) is 10.1 Å². The molecule has 0 aromatic heterocycles. The number of halogens is 1. The molecule has 6 N–H and O–H groups in total. The Morgan fingerprint density at radius 2 is 1.94 bits per heavy atom. The predicted molar refractivity (Wildman–Crippen MR) is 123 cm³/mol. The molecule has 1 aliphatic carbocycles. The number of rotatable bonds is 6. The van der Waals surface area contributed by atoms with Crippen LogP contribution >= 0.6 is 0 Å². The summed E-state index contributed by atoms with van der Waals surface area (Å²) in [6, 6.07) is 5.59. The monoisotopic (exact) mass is 427 g/mol. The molecular formula is C23H34FN7. The highest BCUT2D eigenvalue weighted by atomic mass is 19.1. The van der Waals surface area contributed by atoms with Crippen molar-refractivity contribution in [2.75, 3.05) is 25.0 Å². The Bertz CT molecular complexity index is 865. The molecular weight excluding hydrogens is 393 g/mol. The molecule has 4 atom stereocenters. The van der Waals surface area contributed by atoms with Gasteiger partial charge in [-0.25, -0.2) is 9.82 Å². The van der Waals surface area contributed by atoms with Crippen LogP contribution in [0, 0.1) is 18.7 Å². The second-order valence-electron chi connectivity index (χ2n) is 8.83. The van der Waals surface area contributed by atoms with Crippen molar-refractivity contribution < 1.29 is 4.39 Å². The fourth-order valence-electron chi connectivity index (χ4n) is 4.55. The summed E-state index contributed by atoms with van der Waals surface area (Å²) in [4.78, 5) is 4.74. The molecule has 0 amide bonds. The minimum Gasteiger partial charge on any atom is -0.379 e. The van der Waals surface area contributed by atoms with Crippen LogP contribution in [-0.4, -0.2) is 53.8 Å². The summed E-state index contributed by atoms with van der Waals surface area (Å²) < 4.78 is 13.8. The van der Waals surface area contributed by atoms with Gasteiger partial charge in [0.25, 0.3) is 0 Å². The summed E-state index contributed by atoms with van der Waals surface area (Å²) in [5.41, 5.74) is 4.62. The van der Waals surface area contributed by atoms with Crippen molar-refractivity contribution in [3.63, 3.8) is 0 Å². The molecule has 7 nitrogen and oxygen atoms in total. The fourth-order valence-corrected chi connectivity index (χ4v) is 4.55. The van der Waals surface area contributed by atoms with E-state index >= 15 is 0 Å². The number of hydrogen-bond acceptors (Lipinski definition) is 7. The molecule has 8 heteroatoms. The van der Waals surface area contributed by atoms with Crippen molar-refractivity contribution in [3.05, 3.63) is 65.9 Å². The van der Waals surface area contributed by atoms with E-state index in [1.165, 1.54) is 12.1 Å². The number of hydrazine groups is 1. The smallest absolute Gasteiger partial charge is 0.147 e. The summed E-state index contributed by atoms with van der Waals surface area (Å²) in [5, 5.41) is 10.6. The van der Waals surface area contributed by atoms with E-state index in [1.54, 1.807) is 6.07 Å². The zero-order valence-electron chi connectivity index (χ0n) is 18.5. The van der Waals surface area contributed by atoms with E-state index in [9.17, 15) is 4.39 Å². The fraction of sp³-hybridized carbons (Fsp3) is 0.478. The zero-order valence-corrected chi connectivity index (χ0v) is 18.5. The van der Waals surface area contributed by atoms with Gasteiger partial charge in [0.05, 0.1) is 12.1 Å². The summed E-state index contributed by atoms with van der Waals surface area (Å²) >= 11 is 0. The Hall–Kier alpha value is -2.55. The van der Waals surface area contributed by atoms with Gasteiger partial charge in [0.1, 0.15) is 17.9 Å².